The van der Waals surface area contributed by atoms with Gasteiger partial charge in [0, 0.05) is 25.2 Å². The highest BCUT2D eigenvalue weighted by Crippen LogP contribution is 2.26. The van der Waals surface area contributed by atoms with Crippen molar-refractivity contribution in [1.82, 2.24) is 9.80 Å². The van der Waals surface area contributed by atoms with Gasteiger partial charge in [0.05, 0.1) is 5.69 Å². The van der Waals surface area contributed by atoms with Crippen LogP contribution in [0.4, 0.5) is 10.5 Å². The minimum Gasteiger partial charge on any atom is -0.339 e. The van der Waals surface area contributed by atoms with Gasteiger partial charge in [-0.05, 0) is 49.1 Å². The number of anilines is 1. The van der Waals surface area contributed by atoms with Crippen LogP contribution in [0.25, 0.3) is 6.08 Å². The van der Waals surface area contributed by atoms with Gasteiger partial charge in [-0.2, -0.15) is 0 Å². The first-order chi connectivity index (χ1) is 14.5. The van der Waals surface area contributed by atoms with Crippen LogP contribution in [0.5, 0.6) is 0 Å². The maximum Gasteiger partial charge on any atom is 0.332 e. The molecule has 0 atom stereocenters. The molecule has 0 aliphatic carbocycles. The maximum atomic E-state index is 12.9. The van der Waals surface area contributed by atoms with Gasteiger partial charge in [0.25, 0.3) is 5.91 Å². The van der Waals surface area contributed by atoms with E-state index in [-0.39, 0.29) is 30.4 Å². The zero-order chi connectivity index (χ0) is 21.1. The Labute approximate surface area is 176 Å². The molecule has 2 fully saturated rings. The molecule has 6 heteroatoms. The molecule has 30 heavy (non-hydrogen) atoms. The first-order valence-electron chi connectivity index (χ1n) is 10.3. The van der Waals surface area contributed by atoms with E-state index in [1.54, 1.807) is 23.1 Å². The van der Waals surface area contributed by atoms with E-state index in [9.17, 15) is 14.4 Å². The third-order valence-corrected chi connectivity index (χ3v) is 5.82. The van der Waals surface area contributed by atoms with E-state index in [0.29, 0.717) is 31.6 Å². The fraction of sp³-hybridized carbons (Fsp3) is 0.292. The number of hydrogen-bond acceptors (Lipinski definition) is 3. The molecule has 6 nitrogen and oxygen atoms in total. The zero-order valence-corrected chi connectivity index (χ0v) is 17.0. The summed E-state index contributed by atoms with van der Waals surface area (Å²) in [6.45, 7) is 3.26. The van der Waals surface area contributed by atoms with E-state index in [0.717, 1.165) is 11.1 Å². The summed E-state index contributed by atoms with van der Waals surface area (Å²) in [5.74, 6) is -0.225. The van der Waals surface area contributed by atoms with Gasteiger partial charge in [0.15, 0.2) is 0 Å². The number of hydrogen-bond donors (Lipinski definition) is 0. The normalized spacial score (nSPS) is 18.0. The van der Waals surface area contributed by atoms with Gasteiger partial charge in [-0.3, -0.25) is 9.59 Å². The molecule has 0 unspecified atom stereocenters. The van der Waals surface area contributed by atoms with E-state index in [4.69, 9.17) is 0 Å². The molecular weight excluding hydrogens is 378 g/mol. The van der Waals surface area contributed by atoms with Crippen molar-refractivity contribution in [2.24, 2.45) is 0 Å². The molecule has 0 spiro atoms. The van der Waals surface area contributed by atoms with Gasteiger partial charge < -0.3 is 9.80 Å². The van der Waals surface area contributed by atoms with Crippen molar-refractivity contribution >= 4 is 29.6 Å². The Morgan fingerprint density at radius 1 is 0.967 bits per heavy atom. The van der Waals surface area contributed by atoms with Crippen molar-refractivity contribution in [3.63, 3.8) is 0 Å². The molecule has 0 bridgehead atoms. The average Bonchev–Trinajstić information content (AvgIpc) is 3.07. The Kier molecular flexibility index (Phi) is 5.65. The number of rotatable bonds is 4. The summed E-state index contributed by atoms with van der Waals surface area (Å²) in [6, 6.07) is 16.6. The largest absolute Gasteiger partial charge is 0.339 e. The molecule has 2 aromatic rings. The lowest BCUT2D eigenvalue weighted by Gasteiger charge is -2.35. The van der Waals surface area contributed by atoms with Crippen LogP contribution >= 0.6 is 0 Å². The van der Waals surface area contributed by atoms with E-state index in [1.165, 1.54) is 4.90 Å². The number of piperidine rings is 1. The van der Waals surface area contributed by atoms with Crippen LogP contribution in [0, 0.1) is 6.92 Å². The molecule has 0 N–H and O–H groups in total. The summed E-state index contributed by atoms with van der Waals surface area (Å²) in [5.41, 5.74) is 2.76. The summed E-state index contributed by atoms with van der Waals surface area (Å²) < 4.78 is 0. The van der Waals surface area contributed by atoms with Gasteiger partial charge in [-0.25, -0.2) is 9.69 Å². The molecule has 4 amide bonds. The molecule has 2 aliphatic heterocycles. The molecule has 0 radical (unpaired) electrons. The van der Waals surface area contributed by atoms with Gasteiger partial charge in [0.2, 0.25) is 5.91 Å². The first kappa shape index (κ1) is 19.9. The van der Waals surface area contributed by atoms with Crippen molar-refractivity contribution in [2.45, 2.75) is 25.8 Å². The minimum absolute atomic E-state index is 0.0218. The summed E-state index contributed by atoms with van der Waals surface area (Å²) in [4.78, 5) is 42.6. The van der Waals surface area contributed by atoms with Crippen molar-refractivity contribution in [1.29, 1.82) is 0 Å². The predicted molar refractivity (Wildman–Crippen MR) is 116 cm³/mol. The number of carbonyl (C=O) groups is 3. The van der Waals surface area contributed by atoms with Crippen molar-refractivity contribution in [3.05, 3.63) is 71.8 Å². The highest BCUT2D eigenvalue weighted by Gasteiger charge is 2.41. The number of para-hydroxylation sites is 1. The number of nitrogens with zero attached hydrogens (tertiary/aromatic N) is 3. The second-order valence-electron chi connectivity index (χ2n) is 7.72. The maximum absolute atomic E-state index is 12.9. The fourth-order valence-electron chi connectivity index (χ4n) is 4.07. The van der Waals surface area contributed by atoms with Gasteiger partial charge in [-0.1, -0.05) is 42.5 Å². The zero-order valence-electron chi connectivity index (χ0n) is 17.0. The van der Waals surface area contributed by atoms with Gasteiger partial charge in [-0.15, -0.1) is 0 Å². The summed E-state index contributed by atoms with van der Waals surface area (Å²) in [7, 11) is 0. The number of carbonyl (C=O) groups excluding carboxylic acids is 3. The molecule has 4 rings (SSSR count). The number of likely N-dealkylation sites (tertiary alicyclic amines) is 1. The summed E-state index contributed by atoms with van der Waals surface area (Å²) in [5, 5.41) is 0. The first-order valence-corrected chi connectivity index (χ1v) is 10.3. The third kappa shape index (κ3) is 3.99. The van der Waals surface area contributed by atoms with Crippen LogP contribution in [0.3, 0.4) is 0 Å². The Morgan fingerprint density at radius 2 is 1.63 bits per heavy atom. The lowest BCUT2D eigenvalue weighted by Crippen LogP contribution is -2.47. The molecular formula is C24H25N3O3. The fourth-order valence-corrected chi connectivity index (χ4v) is 4.07. The highest BCUT2D eigenvalue weighted by molar-refractivity contribution is 6.19. The average molecular weight is 403 g/mol. The molecule has 2 aliphatic rings. The molecule has 0 aromatic heterocycles. The molecule has 2 aromatic carbocycles. The summed E-state index contributed by atoms with van der Waals surface area (Å²) >= 11 is 0. The lowest BCUT2D eigenvalue weighted by molar-refractivity contribution is -0.127. The van der Waals surface area contributed by atoms with Crippen LogP contribution in [0.15, 0.2) is 60.7 Å². The number of benzene rings is 2. The second-order valence-corrected chi connectivity index (χ2v) is 7.72. The van der Waals surface area contributed by atoms with E-state index in [2.05, 4.69) is 0 Å². The topological polar surface area (TPSA) is 60.9 Å². The van der Waals surface area contributed by atoms with E-state index < -0.39 is 0 Å². The smallest absolute Gasteiger partial charge is 0.332 e. The number of imide groups is 1. The molecule has 2 heterocycles. The predicted octanol–water partition coefficient (Wildman–Crippen LogP) is 3.47. The summed E-state index contributed by atoms with van der Waals surface area (Å²) in [6.07, 6.45) is 4.81. The van der Waals surface area contributed by atoms with Gasteiger partial charge >= 0.3 is 6.03 Å². The minimum atomic E-state index is -0.268. The van der Waals surface area contributed by atoms with Crippen molar-refractivity contribution in [3.8, 4) is 0 Å². The van der Waals surface area contributed by atoms with Crippen molar-refractivity contribution in [2.75, 3.05) is 24.5 Å². The number of amides is 4. The van der Waals surface area contributed by atoms with Gasteiger partial charge in [0.1, 0.15) is 6.54 Å². The Balaban J connectivity index is 1.35. The lowest BCUT2D eigenvalue weighted by atomic mass is 10.0. The Bertz CT molecular complexity index is 978. The van der Waals surface area contributed by atoms with E-state index in [1.807, 2.05) is 60.4 Å². The van der Waals surface area contributed by atoms with Crippen LogP contribution < -0.4 is 4.90 Å². The Morgan fingerprint density at radius 3 is 2.33 bits per heavy atom. The van der Waals surface area contributed by atoms with Crippen molar-refractivity contribution < 1.29 is 14.4 Å². The van der Waals surface area contributed by atoms with Crippen LogP contribution in [-0.2, 0) is 9.59 Å². The molecule has 154 valence electrons. The molecule has 0 saturated carbocycles. The third-order valence-electron chi connectivity index (χ3n) is 5.82. The van der Waals surface area contributed by atoms with E-state index >= 15 is 0 Å². The standard InChI is InChI=1S/C24H25N3O3/c1-18-7-5-6-8-19(18)11-12-22(28)25-15-13-20(14-16-25)26-17-23(29)27(24(26)30)21-9-3-2-4-10-21/h2-12,20H,13-17H2,1H3. The SMILES string of the molecule is Cc1ccccc1C=CC(=O)N1CCC(N2CC(=O)N(c3ccccc3)C2=O)CC1. The molecule has 2 saturated heterocycles. The Hall–Kier alpha value is -3.41. The monoisotopic (exact) mass is 403 g/mol. The second kappa shape index (κ2) is 8.53. The number of aryl methyl sites for hydroxylation is 1. The van der Waals surface area contributed by atoms with Crippen LogP contribution in [0.2, 0.25) is 0 Å². The quantitative estimate of drug-likeness (QED) is 0.580. The highest BCUT2D eigenvalue weighted by atomic mass is 16.2. The number of urea groups is 1. The van der Waals surface area contributed by atoms with Crippen LogP contribution in [-0.4, -0.2) is 53.3 Å². The van der Waals surface area contributed by atoms with Crippen LogP contribution in [0.1, 0.15) is 24.0 Å².